The summed E-state index contributed by atoms with van der Waals surface area (Å²) in [5, 5.41) is 4.45. The maximum Gasteiger partial charge on any atom is 0.264 e. The predicted molar refractivity (Wildman–Crippen MR) is 96.7 cm³/mol. The summed E-state index contributed by atoms with van der Waals surface area (Å²) in [4.78, 5) is 16.1. The van der Waals surface area contributed by atoms with Gasteiger partial charge in [0.1, 0.15) is 11.5 Å². The first-order valence-corrected chi connectivity index (χ1v) is 8.44. The molecule has 7 heteroatoms. The molecule has 0 aliphatic carbocycles. The number of para-hydroxylation sites is 1. The van der Waals surface area contributed by atoms with E-state index in [1.165, 1.54) is 6.92 Å². The van der Waals surface area contributed by atoms with E-state index in [1.807, 2.05) is 31.2 Å². The Morgan fingerprint density at radius 1 is 1.15 bits per heavy atom. The highest BCUT2D eigenvalue weighted by Gasteiger charge is 2.15. The summed E-state index contributed by atoms with van der Waals surface area (Å²) in [7, 11) is 0. The molecule has 0 amide bonds. The minimum absolute atomic E-state index is 0.0334. The number of ketones is 1. The van der Waals surface area contributed by atoms with Crippen LogP contribution in [0, 0.1) is 0 Å². The van der Waals surface area contributed by atoms with Crippen LogP contribution in [-0.2, 0) is 6.61 Å². The third kappa shape index (κ3) is 4.03. The molecule has 0 aliphatic heterocycles. The molecular weight excluding hydrogens is 356 g/mol. The molecule has 3 aromatic rings. The number of benzene rings is 2. The summed E-state index contributed by atoms with van der Waals surface area (Å²) < 4.78 is 16.5. The van der Waals surface area contributed by atoms with Gasteiger partial charge in [-0.1, -0.05) is 28.9 Å². The third-order valence-corrected chi connectivity index (χ3v) is 3.80. The molecule has 0 aliphatic rings. The first-order chi connectivity index (χ1) is 12.6. The van der Waals surface area contributed by atoms with Gasteiger partial charge < -0.3 is 14.0 Å². The molecule has 0 N–H and O–H groups in total. The van der Waals surface area contributed by atoms with E-state index in [9.17, 15) is 4.79 Å². The lowest BCUT2D eigenvalue weighted by Crippen LogP contribution is -2.02. The Kier molecular flexibility index (Phi) is 5.53. The Bertz CT molecular complexity index is 923. The van der Waals surface area contributed by atoms with Crippen LogP contribution in [0.1, 0.15) is 30.1 Å². The van der Waals surface area contributed by atoms with E-state index in [-0.39, 0.29) is 18.3 Å². The molecule has 26 heavy (non-hydrogen) atoms. The molecule has 2 aromatic carbocycles. The number of aromatic nitrogens is 2. The summed E-state index contributed by atoms with van der Waals surface area (Å²) in [5.74, 6) is 1.65. The fourth-order valence-electron chi connectivity index (χ4n) is 2.40. The monoisotopic (exact) mass is 372 g/mol. The van der Waals surface area contributed by atoms with Crippen LogP contribution in [0.2, 0.25) is 5.02 Å². The third-order valence-electron chi connectivity index (χ3n) is 3.57. The minimum atomic E-state index is -0.139. The molecule has 3 rings (SSSR count). The summed E-state index contributed by atoms with van der Waals surface area (Å²) in [6, 6.07) is 12.3. The van der Waals surface area contributed by atoms with Crippen LogP contribution in [0.25, 0.3) is 11.4 Å². The molecule has 0 saturated carbocycles. The highest BCUT2D eigenvalue weighted by Crippen LogP contribution is 2.28. The maximum atomic E-state index is 11.7. The van der Waals surface area contributed by atoms with Crippen molar-refractivity contribution in [3.05, 3.63) is 58.9 Å². The first-order valence-electron chi connectivity index (χ1n) is 8.06. The second-order valence-corrected chi connectivity index (χ2v) is 5.86. The Balaban J connectivity index is 1.77. The van der Waals surface area contributed by atoms with Crippen molar-refractivity contribution in [2.75, 3.05) is 6.61 Å². The van der Waals surface area contributed by atoms with Gasteiger partial charge in [0, 0.05) is 5.02 Å². The van der Waals surface area contributed by atoms with Crippen molar-refractivity contribution in [2.24, 2.45) is 0 Å². The van der Waals surface area contributed by atoms with Crippen molar-refractivity contribution >= 4 is 17.4 Å². The number of nitrogens with zero attached hydrogens (tertiary/aromatic N) is 2. The molecule has 1 aromatic heterocycles. The van der Waals surface area contributed by atoms with Crippen LogP contribution in [0.5, 0.6) is 11.5 Å². The smallest absolute Gasteiger partial charge is 0.264 e. The Morgan fingerprint density at radius 2 is 1.96 bits per heavy atom. The molecule has 1 heterocycles. The molecule has 0 unspecified atom stereocenters. The number of carbonyl (C=O) groups excluding carboxylic acids is 1. The van der Waals surface area contributed by atoms with Crippen LogP contribution in [-0.4, -0.2) is 22.5 Å². The van der Waals surface area contributed by atoms with Crippen molar-refractivity contribution in [3.8, 4) is 22.9 Å². The van der Waals surface area contributed by atoms with Gasteiger partial charge in [0.2, 0.25) is 5.82 Å². The van der Waals surface area contributed by atoms with E-state index < -0.39 is 0 Å². The van der Waals surface area contributed by atoms with Gasteiger partial charge in [-0.15, -0.1) is 0 Å². The molecule has 0 spiro atoms. The summed E-state index contributed by atoms with van der Waals surface area (Å²) in [6.07, 6.45) is 0. The zero-order valence-corrected chi connectivity index (χ0v) is 15.1. The maximum absolute atomic E-state index is 11.7. The molecule has 0 atom stereocenters. The van der Waals surface area contributed by atoms with Gasteiger partial charge in [-0.25, -0.2) is 0 Å². The number of rotatable bonds is 7. The van der Waals surface area contributed by atoms with Gasteiger partial charge in [0.05, 0.1) is 17.7 Å². The number of ether oxygens (including phenoxy) is 2. The van der Waals surface area contributed by atoms with Gasteiger partial charge in [0.15, 0.2) is 12.4 Å². The second-order valence-electron chi connectivity index (χ2n) is 5.43. The average Bonchev–Trinajstić information content (AvgIpc) is 3.10. The number of hydrogen-bond donors (Lipinski definition) is 0. The van der Waals surface area contributed by atoms with Gasteiger partial charge >= 0.3 is 0 Å². The van der Waals surface area contributed by atoms with E-state index in [2.05, 4.69) is 10.1 Å². The van der Waals surface area contributed by atoms with E-state index in [1.54, 1.807) is 18.2 Å². The lowest BCUT2D eigenvalue weighted by Gasteiger charge is -2.08. The van der Waals surface area contributed by atoms with Gasteiger partial charge in [-0.05, 0) is 44.2 Å². The summed E-state index contributed by atoms with van der Waals surface area (Å²) >= 11 is 5.93. The van der Waals surface area contributed by atoms with Crippen molar-refractivity contribution < 1.29 is 18.8 Å². The minimum Gasteiger partial charge on any atom is -0.493 e. The van der Waals surface area contributed by atoms with Crippen LogP contribution in [0.3, 0.4) is 0 Å². The highest BCUT2D eigenvalue weighted by molar-refractivity contribution is 6.31. The van der Waals surface area contributed by atoms with Crippen LogP contribution in [0.15, 0.2) is 47.0 Å². The molecule has 134 valence electrons. The number of carbonyl (C=O) groups is 1. The zero-order valence-electron chi connectivity index (χ0n) is 14.4. The largest absolute Gasteiger partial charge is 0.493 e. The predicted octanol–water partition coefficient (Wildman–Crippen LogP) is 4.57. The van der Waals surface area contributed by atoms with Crippen molar-refractivity contribution in [1.29, 1.82) is 0 Å². The van der Waals surface area contributed by atoms with Crippen molar-refractivity contribution in [2.45, 2.75) is 20.5 Å². The Morgan fingerprint density at radius 3 is 2.73 bits per heavy atom. The Labute approximate surface area is 155 Å². The SMILES string of the molecule is CCOc1ccccc1-c1noc(COc2ccc(Cl)cc2C(C)=O)n1. The van der Waals surface area contributed by atoms with Crippen LogP contribution < -0.4 is 9.47 Å². The van der Waals surface area contributed by atoms with E-state index in [0.717, 1.165) is 5.56 Å². The fraction of sp³-hybridized carbons (Fsp3) is 0.211. The quantitative estimate of drug-likeness (QED) is 0.565. The molecule has 0 radical (unpaired) electrons. The van der Waals surface area contributed by atoms with Crippen molar-refractivity contribution in [1.82, 2.24) is 10.1 Å². The number of hydrogen-bond acceptors (Lipinski definition) is 6. The van der Waals surface area contributed by atoms with E-state index >= 15 is 0 Å². The summed E-state index contributed by atoms with van der Waals surface area (Å²) in [5.41, 5.74) is 1.14. The molecule has 0 saturated heterocycles. The van der Waals surface area contributed by atoms with Gasteiger partial charge in [-0.3, -0.25) is 4.79 Å². The zero-order chi connectivity index (χ0) is 18.5. The summed E-state index contributed by atoms with van der Waals surface area (Å²) in [6.45, 7) is 3.93. The van der Waals surface area contributed by atoms with E-state index in [4.69, 9.17) is 25.6 Å². The average molecular weight is 373 g/mol. The molecular formula is C19H17ClN2O4. The molecule has 0 fully saturated rings. The highest BCUT2D eigenvalue weighted by atomic mass is 35.5. The fourth-order valence-corrected chi connectivity index (χ4v) is 2.57. The Hall–Kier alpha value is -2.86. The standard InChI is InChI=1S/C19H17ClN2O4/c1-3-24-16-7-5-4-6-14(16)19-21-18(26-22-19)11-25-17-9-8-13(20)10-15(17)12(2)23/h4-10H,3,11H2,1-2H3. The van der Waals surface area contributed by atoms with Crippen molar-refractivity contribution in [3.63, 3.8) is 0 Å². The molecule has 6 nitrogen and oxygen atoms in total. The second kappa shape index (κ2) is 8.01. The van der Waals surface area contributed by atoms with E-state index in [0.29, 0.717) is 34.5 Å². The van der Waals surface area contributed by atoms with Gasteiger partial charge in [0.25, 0.3) is 5.89 Å². The topological polar surface area (TPSA) is 74.5 Å². The first kappa shape index (κ1) is 17.9. The van der Waals surface area contributed by atoms with Crippen LogP contribution >= 0.6 is 11.6 Å². The normalized spacial score (nSPS) is 10.6. The van der Waals surface area contributed by atoms with Gasteiger partial charge in [-0.2, -0.15) is 4.98 Å². The number of halogens is 1. The molecule has 0 bridgehead atoms. The lowest BCUT2D eigenvalue weighted by atomic mass is 10.1. The number of Topliss-reactive ketones (excluding diaryl/α,β-unsaturated/α-hetero) is 1. The lowest BCUT2D eigenvalue weighted by molar-refractivity contribution is 0.101. The van der Waals surface area contributed by atoms with Crippen LogP contribution in [0.4, 0.5) is 0 Å².